The lowest BCUT2D eigenvalue weighted by atomic mass is 10.0. The number of hydrogen-bond acceptors (Lipinski definition) is 2. The van der Waals surface area contributed by atoms with Crippen molar-refractivity contribution in [3.63, 3.8) is 0 Å². The monoisotopic (exact) mass is 297 g/mol. The van der Waals surface area contributed by atoms with Crippen molar-refractivity contribution in [2.45, 2.75) is 12.5 Å². The zero-order valence-corrected chi connectivity index (χ0v) is 11.0. The molecule has 1 atom stereocenters. The summed E-state index contributed by atoms with van der Waals surface area (Å²) in [5.74, 6) is -0.217. The van der Waals surface area contributed by atoms with Crippen LogP contribution in [0.25, 0.3) is 0 Å². The van der Waals surface area contributed by atoms with Gasteiger partial charge in [0.05, 0.1) is 12.5 Å². The number of furan rings is 1. The zero-order chi connectivity index (χ0) is 12.3. The fourth-order valence-electron chi connectivity index (χ4n) is 1.78. The highest BCUT2D eigenvalue weighted by Gasteiger charge is 2.13. The van der Waals surface area contributed by atoms with E-state index in [0.29, 0.717) is 6.42 Å². The van der Waals surface area contributed by atoms with E-state index < -0.39 is 0 Å². The van der Waals surface area contributed by atoms with Crippen LogP contribution in [0.1, 0.15) is 17.2 Å². The van der Waals surface area contributed by atoms with Crippen LogP contribution in [0.5, 0.6) is 0 Å². The van der Waals surface area contributed by atoms with Gasteiger partial charge in [-0.15, -0.1) is 0 Å². The summed E-state index contributed by atoms with van der Waals surface area (Å²) in [6.07, 6.45) is 4.04. The first kappa shape index (κ1) is 12.3. The van der Waals surface area contributed by atoms with Crippen molar-refractivity contribution in [3.8, 4) is 0 Å². The normalized spacial score (nSPS) is 12.6. The number of likely N-dealkylation sites (N-methyl/N-ethyl adjacent to an activating group) is 1. The molecular formula is C13H13BrFNO. The lowest BCUT2D eigenvalue weighted by Gasteiger charge is -2.15. The van der Waals surface area contributed by atoms with Crippen LogP contribution >= 0.6 is 15.9 Å². The van der Waals surface area contributed by atoms with E-state index in [0.717, 1.165) is 15.6 Å². The molecule has 90 valence electrons. The predicted molar refractivity (Wildman–Crippen MR) is 68.3 cm³/mol. The van der Waals surface area contributed by atoms with Gasteiger partial charge in [0.15, 0.2) is 0 Å². The van der Waals surface area contributed by atoms with E-state index in [2.05, 4.69) is 21.2 Å². The number of halogens is 2. The number of rotatable bonds is 4. The van der Waals surface area contributed by atoms with Crippen molar-refractivity contribution < 1.29 is 8.81 Å². The molecule has 17 heavy (non-hydrogen) atoms. The van der Waals surface area contributed by atoms with Crippen LogP contribution in [0.4, 0.5) is 4.39 Å². The van der Waals surface area contributed by atoms with Gasteiger partial charge in [0, 0.05) is 16.1 Å². The molecule has 1 N–H and O–H groups in total. The summed E-state index contributed by atoms with van der Waals surface area (Å²) in [5, 5.41) is 3.20. The van der Waals surface area contributed by atoms with Gasteiger partial charge in [-0.2, -0.15) is 0 Å². The Morgan fingerprint density at radius 2 is 2.24 bits per heavy atom. The highest BCUT2D eigenvalue weighted by molar-refractivity contribution is 9.10. The molecule has 1 heterocycles. The molecule has 0 radical (unpaired) electrons. The lowest BCUT2D eigenvalue weighted by molar-refractivity contribution is 0.541. The molecule has 0 amide bonds. The quantitative estimate of drug-likeness (QED) is 0.931. The summed E-state index contributed by atoms with van der Waals surface area (Å²) in [4.78, 5) is 0. The van der Waals surface area contributed by atoms with E-state index in [-0.39, 0.29) is 11.9 Å². The molecule has 1 aromatic heterocycles. The third-order valence-corrected chi connectivity index (χ3v) is 3.50. The van der Waals surface area contributed by atoms with Crippen molar-refractivity contribution >= 4 is 15.9 Å². The van der Waals surface area contributed by atoms with Gasteiger partial charge in [0.25, 0.3) is 0 Å². The molecule has 0 fully saturated rings. The first-order chi connectivity index (χ1) is 8.20. The molecule has 2 aromatic rings. The molecule has 1 aromatic carbocycles. The Balaban J connectivity index is 2.21. The first-order valence-electron chi connectivity index (χ1n) is 5.34. The van der Waals surface area contributed by atoms with E-state index in [1.165, 1.54) is 6.07 Å². The Hall–Kier alpha value is -1.13. The Morgan fingerprint density at radius 1 is 1.41 bits per heavy atom. The molecule has 2 rings (SSSR count). The van der Waals surface area contributed by atoms with Gasteiger partial charge in [-0.25, -0.2) is 4.39 Å². The maximum absolute atomic E-state index is 13.2. The Morgan fingerprint density at radius 3 is 2.88 bits per heavy atom. The van der Waals surface area contributed by atoms with E-state index >= 15 is 0 Å². The minimum Gasteiger partial charge on any atom is -0.472 e. The predicted octanol–water partition coefficient (Wildman–Crippen LogP) is 3.68. The van der Waals surface area contributed by atoms with Gasteiger partial charge in [-0.1, -0.05) is 15.9 Å². The van der Waals surface area contributed by atoms with Crippen LogP contribution < -0.4 is 5.32 Å². The fourth-order valence-corrected chi connectivity index (χ4v) is 2.19. The molecule has 0 bridgehead atoms. The third kappa shape index (κ3) is 2.96. The van der Waals surface area contributed by atoms with Gasteiger partial charge < -0.3 is 9.73 Å². The molecular weight excluding hydrogens is 285 g/mol. The molecule has 0 saturated heterocycles. The number of benzene rings is 1. The summed E-state index contributed by atoms with van der Waals surface area (Å²) in [6, 6.07) is 6.75. The Labute approximate surface area is 108 Å². The SMILES string of the molecule is CNC(Cc1cc(F)ccc1Br)c1ccoc1. The van der Waals surface area contributed by atoms with E-state index in [1.807, 2.05) is 13.1 Å². The summed E-state index contributed by atoms with van der Waals surface area (Å²) in [5.41, 5.74) is 1.99. The van der Waals surface area contributed by atoms with E-state index in [1.54, 1.807) is 24.7 Å². The largest absolute Gasteiger partial charge is 0.472 e. The zero-order valence-electron chi connectivity index (χ0n) is 9.41. The maximum atomic E-state index is 13.2. The molecule has 1 unspecified atom stereocenters. The topological polar surface area (TPSA) is 25.2 Å². The maximum Gasteiger partial charge on any atom is 0.123 e. The van der Waals surface area contributed by atoms with Gasteiger partial charge >= 0.3 is 0 Å². The van der Waals surface area contributed by atoms with Crippen molar-refractivity contribution in [3.05, 3.63) is 58.2 Å². The molecule has 0 aliphatic carbocycles. The lowest BCUT2D eigenvalue weighted by Crippen LogP contribution is -2.18. The third-order valence-electron chi connectivity index (χ3n) is 2.73. The second kappa shape index (κ2) is 5.47. The van der Waals surface area contributed by atoms with Crippen LogP contribution in [-0.2, 0) is 6.42 Å². The highest BCUT2D eigenvalue weighted by atomic mass is 79.9. The number of hydrogen-bond donors (Lipinski definition) is 1. The summed E-state index contributed by atoms with van der Waals surface area (Å²) in [7, 11) is 1.88. The van der Waals surface area contributed by atoms with Gasteiger partial charge in [-0.3, -0.25) is 0 Å². The molecule has 4 heteroatoms. The van der Waals surface area contributed by atoms with Crippen molar-refractivity contribution in [2.75, 3.05) is 7.05 Å². The van der Waals surface area contributed by atoms with E-state index in [9.17, 15) is 4.39 Å². The van der Waals surface area contributed by atoms with Crippen LogP contribution in [0.15, 0.2) is 45.7 Å². The number of nitrogens with one attached hydrogen (secondary N) is 1. The fraction of sp³-hybridized carbons (Fsp3) is 0.231. The molecule has 0 aliphatic rings. The Kier molecular flexibility index (Phi) is 3.97. The average molecular weight is 298 g/mol. The molecule has 0 saturated carbocycles. The first-order valence-corrected chi connectivity index (χ1v) is 6.13. The minimum atomic E-state index is -0.217. The Bertz CT molecular complexity index is 484. The minimum absolute atomic E-state index is 0.117. The van der Waals surface area contributed by atoms with Gasteiger partial charge in [0.1, 0.15) is 5.82 Å². The molecule has 0 spiro atoms. The van der Waals surface area contributed by atoms with Gasteiger partial charge in [-0.05, 0) is 43.3 Å². The standard InChI is InChI=1S/C13H13BrFNO/c1-16-13(9-4-5-17-8-9)7-10-6-11(15)2-3-12(10)14/h2-6,8,13,16H,7H2,1H3. The van der Waals surface area contributed by atoms with Crippen LogP contribution in [-0.4, -0.2) is 7.05 Å². The van der Waals surface area contributed by atoms with Crippen LogP contribution in [0.3, 0.4) is 0 Å². The van der Waals surface area contributed by atoms with Crippen molar-refractivity contribution in [2.24, 2.45) is 0 Å². The summed E-state index contributed by atoms with van der Waals surface area (Å²) < 4.78 is 19.2. The highest BCUT2D eigenvalue weighted by Crippen LogP contribution is 2.24. The molecule has 2 nitrogen and oxygen atoms in total. The second-order valence-corrected chi connectivity index (χ2v) is 4.69. The van der Waals surface area contributed by atoms with Crippen molar-refractivity contribution in [1.82, 2.24) is 5.32 Å². The second-order valence-electron chi connectivity index (χ2n) is 3.84. The summed E-state index contributed by atoms with van der Waals surface area (Å²) in [6.45, 7) is 0. The van der Waals surface area contributed by atoms with E-state index in [4.69, 9.17) is 4.42 Å². The van der Waals surface area contributed by atoms with Crippen LogP contribution in [0, 0.1) is 5.82 Å². The van der Waals surface area contributed by atoms with Gasteiger partial charge in [0.2, 0.25) is 0 Å². The summed E-state index contributed by atoms with van der Waals surface area (Å²) >= 11 is 3.43. The molecule has 0 aliphatic heterocycles. The van der Waals surface area contributed by atoms with Crippen molar-refractivity contribution in [1.29, 1.82) is 0 Å². The average Bonchev–Trinajstić information content (AvgIpc) is 2.84. The smallest absolute Gasteiger partial charge is 0.123 e. The van der Waals surface area contributed by atoms with Crippen LogP contribution in [0.2, 0.25) is 0 Å².